The van der Waals surface area contributed by atoms with Gasteiger partial charge in [-0.1, -0.05) is 24.6 Å². The van der Waals surface area contributed by atoms with Gasteiger partial charge in [0.2, 0.25) is 0 Å². The molecule has 1 aromatic heterocycles. The molecule has 0 spiro atoms. The van der Waals surface area contributed by atoms with E-state index >= 15 is 0 Å². The van der Waals surface area contributed by atoms with Gasteiger partial charge in [-0.3, -0.25) is 14.7 Å². The Morgan fingerprint density at radius 3 is 2.65 bits per heavy atom. The molecule has 7 heteroatoms. The van der Waals surface area contributed by atoms with Gasteiger partial charge >= 0.3 is 6.09 Å². The fourth-order valence-corrected chi connectivity index (χ4v) is 5.68. The lowest BCUT2D eigenvalue weighted by Crippen LogP contribution is -2.57. The summed E-state index contributed by atoms with van der Waals surface area (Å²) in [5.74, 6) is -0.00369. The van der Waals surface area contributed by atoms with Crippen LogP contribution in [0.4, 0.5) is 4.79 Å². The van der Waals surface area contributed by atoms with E-state index in [4.69, 9.17) is 21.3 Å². The first-order valence-corrected chi connectivity index (χ1v) is 11.8. The second-order valence-electron chi connectivity index (χ2n) is 8.91. The molecule has 0 N–H and O–H groups in total. The minimum atomic E-state index is -0.240. The molecule has 164 valence electrons. The number of carbonyl (C=O) groups is 2. The number of pyridine rings is 1. The highest BCUT2D eigenvalue weighted by Crippen LogP contribution is 2.34. The third-order valence-electron chi connectivity index (χ3n) is 6.85. The smallest absolute Gasteiger partial charge is 0.410 e. The van der Waals surface area contributed by atoms with Gasteiger partial charge in [-0.05, 0) is 62.6 Å². The standard InChI is InChI=1S/C24H28ClN3O3/c1-2-11-31-24(30)28-16-8-9-17(28)14-27(13-16)23(29)15-7-10-19-21(12-15)26-20-6-4-3-5-18(20)22(19)25/h7,10,12,16-17H,2-6,8-9,11,13-14H2,1H3. The summed E-state index contributed by atoms with van der Waals surface area (Å²) in [7, 11) is 0. The molecule has 3 aliphatic rings. The summed E-state index contributed by atoms with van der Waals surface area (Å²) in [5.41, 5.74) is 3.67. The van der Waals surface area contributed by atoms with E-state index in [9.17, 15) is 9.59 Å². The second kappa shape index (κ2) is 8.30. The first kappa shape index (κ1) is 20.6. The molecule has 2 aromatic rings. The third kappa shape index (κ3) is 3.65. The molecule has 2 aliphatic heterocycles. The molecule has 1 aromatic carbocycles. The van der Waals surface area contributed by atoms with Crippen LogP contribution in [0.3, 0.4) is 0 Å². The lowest BCUT2D eigenvalue weighted by Gasteiger charge is -2.40. The van der Waals surface area contributed by atoms with E-state index in [1.807, 2.05) is 34.9 Å². The average molecular weight is 442 g/mol. The summed E-state index contributed by atoms with van der Waals surface area (Å²) in [6.07, 6.45) is 6.60. The Labute approximate surface area is 187 Å². The second-order valence-corrected chi connectivity index (χ2v) is 9.28. The molecule has 2 atom stereocenters. The van der Waals surface area contributed by atoms with Gasteiger partial charge in [0.05, 0.1) is 29.2 Å². The van der Waals surface area contributed by atoms with Crippen molar-refractivity contribution in [3.63, 3.8) is 0 Å². The van der Waals surface area contributed by atoms with Crippen molar-refractivity contribution in [1.29, 1.82) is 0 Å². The number of benzene rings is 1. The van der Waals surface area contributed by atoms with E-state index in [-0.39, 0.29) is 24.1 Å². The Hall–Kier alpha value is -2.34. The summed E-state index contributed by atoms with van der Waals surface area (Å²) in [4.78, 5) is 34.3. The number of aromatic nitrogens is 1. The predicted molar refractivity (Wildman–Crippen MR) is 120 cm³/mol. The number of hydrogen-bond donors (Lipinski definition) is 0. The maximum absolute atomic E-state index is 13.3. The number of aryl methyl sites for hydroxylation is 1. The number of amides is 2. The van der Waals surface area contributed by atoms with Crippen LogP contribution in [0.5, 0.6) is 0 Å². The molecular formula is C24H28ClN3O3. The number of carbonyl (C=O) groups excluding carboxylic acids is 2. The Balaban J connectivity index is 1.37. The lowest BCUT2D eigenvalue weighted by molar-refractivity contribution is 0.0345. The number of nitrogens with zero attached hydrogens (tertiary/aromatic N) is 3. The Morgan fingerprint density at radius 1 is 1.16 bits per heavy atom. The van der Waals surface area contributed by atoms with Gasteiger partial charge < -0.3 is 9.64 Å². The quantitative estimate of drug-likeness (QED) is 0.698. The molecule has 0 radical (unpaired) electrons. The SMILES string of the molecule is CCCOC(=O)N1C2CCC1CN(C(=O)c1ccc3c(Cl)c4c(nc3c1)CCCC4)C2. The van der Waals surface area contributed by atoms with Crippen LogP contribution in [-0.2, 0) is 17.6 Å². The van der Waals surface area contributed by atoms with Gasteiger partial charge in [-0.25, -0.2) is 4.79 Å². The maximum Gasteiger partial charge on any atom is 0.410 e. The molecule has 0 saturated carbocycles. The molecule has 2 unspecified atom stereocenters. The third-order valence-corrected chi connectivity index (χ3v) is 7.28. The molecule has 2 fully saturated rings. The molecule has 31 heavy (non-hydrogen) atoms. The van der Waals surface area contributed by atoms with Crippen LogP contribution in [0.15, 0.2) is 18.2 Å². The fourth-order valence-electron chi connectivity index (χ4n) is 5.31. The molecular weight excluding hydrogens is 414 g/mol. The minimum absolute atomic E-state index is 0.00369. The Morgan fingerprint density at radius 2 is 1.90 bits per heavy atom. The molecule has 2 bridgehead atoms. The Bertz CT molecular complexity index is 1030. The predicted octanol–water partition coefficient (Wildman–Crippen LogP) is 4.60. The van der Waals surface area contributed by atoms with Crippen molar-refractivity contribution in [1.82, 2.24) is 14.8 Å². The Kier molecular flexibility index (Phi) is 5.51. The van der Waals surface area contributed by atoms with Gasteiger partial charge in [-0.15, -0.1) is 0 Å². The highest BCUT2D eigenvalue weighted by atomic mass is 35.5. The number of rotatable bonds is 3. The van der Waals surface area contributed by atoms with Gasteiger partial charge in [0.25, 0.3) is 5.91 Å². The van der Waals surface area contributed by atoms with Crippen LogP contribution in [0.2, 0.25) is 5.02 Å². The van der Waals surface area contributed by atoms with Crippen LogP contribution in [-0.4, -0.2) is 58.6 Å². The largest absolute Gasteiger partial charge is 0.449 e. The van der Waals surface area contributed by atoms with E-state index in [0.717, 1.165) is 66.6 Å². The lowest BCUT2D eigenvalue weighted by atomic mass is 9.94. The zero-order valence-corrected chi connectivity index (χ0v) is 18.7. The summed E-state index contributed by atoms with van der Waals surface area (Å²) >= 11 is 6.68. The van der Waals surface area contributed by atoms with E-state index in [1.54, 1.807) is 0 Å². The summed E-state index contributed by atoms with van der Waals surface area (Å²) in [5, 5.41) is 1.71. The number of hydrogen-bond acceptors (Lipinski definition) is 4. The highest BCUT2D eigenvalue weighted by molar-refractivity contribution is 6.36. The van der Waals surface area contributed by atoms with Gasteiger partial charge in [0.15, 0.2) is 0 Å². The van der Waals surface area contributed by atoms with Crippen molar-refractivity contribution in [2.45, 2.75) is 64.0 Å². The van der Waals surface area contributed by atoms with Crippen molar-refractivity contribution < 1.29 is 14.3 Å². The van der Waals surface area contributed by atoms with E-state index in [2.05, 4.69) is 0 Å². The van der Waals surface area contributed by atoms with Crippen LogP contribution in [0.25, 0.3) is 10.9 Å². The van der Waals surface area contributed by atoms with Crippen molar-refractivity contribution in [3.8, 4) is 0 Å². The maximum atomic E-state index is 13.3. The molecule has 6 nitrogen and oxygen atoms in total. The molecule has 3 heterocycles. The van der Waals surface area contributed by atoms with E-state index in [1.165, 1.54) is 5.56 Å². The van der Waals surface area contributed by atoms with E-state index < -0.39 is 0 Å². The highest BCUT2D eigenvalue weighted by Gasteiger charge is 2.44. The summed E-state index contributed by atoms with van der Waals surface area (Å²) in [6, 6.07) is 5.73. The molecule has 2 saturated heterocycles. The first-order chi connectivity index (χ1) is 15.1. The summed E-state index contributed by atoms with van der Waals surface area (Å²) < 4.78 is 5.36. The fraction of sp³-hybridized carbons (Fsp3) is 0.542. The van der Waals surface area contributed by atoms with Crippen LogP contribution in [0.1, 0.15) is 60.6 Å². The van der Waals surface area contributed by atoms with Gasteiger partial charge in [0, 0.05) is 29.7 Å². The topological polar surface area (TPSA) is 62.7 Å². The number of halogens is 1. The van der Waals surface area contributed by atoms with E-state index in [0.29, 0.717) is 25.3 Å². The molecule has 2 amide bonds. The number of fused-ring (bicyclic) bond motifs is 4. The zero-order valence-electron chi connectivity index (χ0n) is 17.9. The van der Waals surface area contributed by atoms with Crippen LogP contribution >= 0.6 is 11.6 Å². The number of ether oxygens (including phenoxy) is 1. The van der Waals surface area contributed by atoms with Crippen LogP contribution in [0, 0.1) is 0 Å². The van der Waals surface area contributed by atoms with Crippen LogP contribution < -0.4 is 0 Å². The van der Waals surface area contributed by atoms with Crippen molar-refractivity contribution in [3.05, 3.63) is 40.0 Å². The average Bonchev–Trinajstić information content (AvgIpc) is 3.06. The first-order valence-electron chi connectivity index (χ1n) is 11.4. The van der Waals surface area contributed by atoms with Crippen molar-refractivity contribution >= 4 is 34.5 Å². The normalized spacial score (nSPS) is 22.5. The van der Waals surface area contributed by atoms with Gasteiger partial charge in [-0.2, -0.15) is 0 Å². The van der Waals surface area contributed by atoms with Gasteiger partial charge in [0.1, 0.15) is 0 Å². The number of likely N-dealkylation sites (tertiary alicyclic amines) is 1. The van der Waals surface area contributed by atoms with Crippen molar-refractivity contribution in [2.24, 2.45) is 0 Å². The van der Waals surface area contributed by atoms with Crippen molar-refractivity contribution in [2.75, 3.05) is 19.7 Å². The molecule has 5 rings (SSSR count). The zero-order chi connectivity index (χ0) is 21.5. The minimum Gasteiger partial charge on any atom is -0.449 e. The molecule has 1 aliphatic carbocycles. The summed E-state index contributed by atoms with van der Waals surface area (Å²) in [6.45, 7) is 3.52. The monoisotopic (exact) mass is 441 g/mol. The number of piperazine rings is 1.